The first-order valence-corrected chi connectivity index (χ1v) is 3.81. The van der Waals surface area contributed by atoms with Crippen molar-refractivity contribution in [2.45, 2.75) is 38.7 Å². The van der Waals surface area contributed by atoms with E-state index in [-0.39, 0.29) is 0 Å². The Hall–Kier alpha value is -0.440. The minimum absolute atomic E-state index is 0.569. The average molecular weight is 164 g/mol. The molecule has 1 atom stereocenters. The lowest BCUT2D eigenvalue weighted by molar-refractivity contribution is 0.189. The molecular formula is C8H14F2O. The van der Waals surface area contributed by atoms with Crippen LogP contribution in [-0.2, 0) is 0 Å². The maximum absolute atomic E-state index is 11.5. The van der Waals surface area contributed by atoms with Crippen LogP contribution in [-0.4, -0.2) is 17.6 Å². The van der Waals surface area contributed by atoms with Gasteiger partial charge in [-0.15, -0.1) is 0 Å². The highest BCUT2D eigenvalue weighted by Crippen LogP contribution is 2.03. The summed E-state index contributed by atoms with van der Waals surface area (Å²) in [5.74, 6) is 0. The van der Waals surface area contributed by atoms with Crippen LogP contribution in [0.3, 0.4) is 0 Å². The molecule has 0 saturated heterocycles. The fraction of sp³-hybridized carbons (Fsp3) is 0.750. The quantitative estimate of drug-likeness (QED) is 0.618. The highest BCUT2D eigenvalue weighted by molar-refractivity contribution is 4.90. The topological polar surface area (TPSA) is 20.2 Å². The van der Waals surface area contributed by atoms with Gasteiger partial charge in [-0.3, -0.25) is 0 Å². The first kappa shape index (κ1) is 10.6. The zero-order chi connectivity index (χ0) is 8.69. The second-order valence-corrected chi connectivity index (χ2v) is 2.43. The number of hydrogen-bond acceptors (Lipinski definition) is 1. The van der Waals surface area contributed by atoms with E-state index in [9.17, 15) is 8.78 Å². The third kappa shape index (κ3) is 7.46. The summed E-state index contributed by atoms with van der Waals surface area (Å²) in [6.45, 7) is 1.99. The first-order chi connectivity index (χ1) is 5.16. The minimum Gasteiger partial charge on any atom is -0.389 e. The van der Waals surface area contributed by atoms with Crippen LogP contribution in [0, 0.1) is 0 Å². The molecule has 11 heavy (non-hydrogen) atoms. The third-order valence-corrected chi connectivity index (χ3v) is 1.33. The Kier molecular flexibility index (Phi) is 6.03. The Morgan fingerprint density at radius 3 is 2.45 bits per heavy atom. The molecule has 0 aromatic rings. The predicted molar refractivity (Wildman–Crippen MR) is 40.7 cm³/mol. The Morgan fingerprint density at radius 1 is 1.36 bits per heavy atom. The fourth-order valence-electron chi connectivity index (χ4n) is 0.722. The molecule has 0 heterocycles. The third-order valence-electron chi connectivity index (χ3n) is 1.33. The van der Waals surface area contributed by atoms with Gasteiger partial charge >= 0.3 is 0 Å². The summed E-state index contributed by atoms with van der Waals surface area (Å²) < 4.78 is 23.0. The van der Waals surface area contributed by atoms with E-state index >= 15 is 0 Å². The van der Waals surface area contributed by atoms with Crippen LogP contribution < -0.4 is 0 Å². The van der Waals surface area contributed by atoms with Crippen molar-refractivity contribution in [3.8, 4) is 0 Å². The van der Waals surface area contributed by atoms with Gasteiger partial charge in [0.2, 0.25) is 0 Å². The molecule has 1 nitrogen and oxygen atoms in total. The molecule has 0 unspecified atom stereocenters. The number of aliphatic hydroxyl groups is 1. The molecule has 0 radical (unpaired) electrons. The Morgan fingerprint density at radius 2 is 2.00 bits per heavy atom. The van der Waals surface area contributed by atoms with Crippen molar-refractivity contribution in [2.24, 2.45) is 0 Å². The van der Waals surface area contributed by atoms with Gasteiger partial charge in [0.25, 0.3) is 6.43 Å². The van der Waals surface area contributed by atoms with E-state index in [1.807, 2.05) is 6.92 Å². The molecule has 0 aromatic heterocycles. The zero-order valence-corrected chi connectivity index (χ0v) is 6.63. The highest BCUT2D eigenvalue weighted by Gasteiger charge is 1.99. The SMILES string of the molecule is CCCC[C@H](O)/C=C\C(F)F. The molecule has 3 heteroatoms. The molecule has 0 saturated carbocycles. The van der Waals surface area contributed by atoms with E-state index in [1.54, 1.807) is 0 Å². The van der Waals surface area contributed by atoms with Gasteiger partial charge in [-0.05, 0) is 12.5 Å². The van der Waals surface area contributed by atoms with E-state index in [1.165, 1.54) is 0 Å². The van der Waals surface area contributed by atoms with Crippen molar-refractivity contribution in [2.75, 3.05) is 0 Å². The molecule has 0 spiro atoms. The largest absolute Gasteiger partial charge is 0.389 e. The van der Waals surface area contributed by atoms with E-state index < -0.39 is 12.5 Å². The molecule has 0 rings (SSSR count). The van der Waals surface area contributed by atoms with Crippen molar-refractivity contribution >= 4 is 0 Å². The van der Waals surface area contributed by atoms with Crippen LogP contribution in [0.15, 0.2) is 12.2 Å². The summed E-state index contributed by atoms with van der Waals surface area (Å²) in [6.07, 6.45) is 1.13. The van der Waals surface area contributed by atoms with Gasteiger partial charge in [-0.2, -0.15) is 0 Å². The average Bonchev–Trinajstić information content (AvgIpc) is 1.97. The monoisotopic (exact) mass is 164 g/mol. The van der Waals surface area contributed by atoms with Gasteiger partial charge in [0.05, 0.1) is 6.10 Å². The number of allylic oxidation sites excluding steroid dienone is 1. The van der Waals surface area contributed by atoms with Crippen molar-refractivity contribution in [3.63, 3.8) is 0 Å². The van der Waals surface area contributed by atoms with Gasteiger partial charge in [0.15, 0.2) is 0 Å². The molecular weight excluding hydrogens is 150 g/mol. The van der Waals surface area contributed by atoms with Crippen molar-refractivity contribution in [1.29, 1.82) is 0 Å². The lowest BCUT2D eigenvalue weighted by Crippen LogP contribution is -2.01. The standard InChI is InChI=1S/C8H14F2O/c1-2-3-4-7(11)5-6-8(9)10/h5-8,11H,2-4H2,1H3/b6-5-/t7-/m0/s1. The summed E-state index contributed by atoms with van der Waals surface area (Å²) in [5, 5.41) is 9.01. The predicted octanol–water partition coefficient (Wildman–Crippen LogP) is 2.36. The van der Waals surface area contributed by atoms with Gasteiger partial charge < -0.3 is 5.11 Å². The molecule has 0 fully saturated rings. The van der Waals surface area contributed by atoms with Gasteiger partial charge in [0.1, 0.15) is 0 Å². The van der Waals surface area contributed by atoms with Gasteiger partial charge in [0, 0.05) is 0 Å². The Bertz CT molecular complexity index is 113. The van der Waals surface area contributed by atoms with Crippen molar-refractivity contribution in [3.05, 3.63) is 12.2 Å². The summed E-state index contributed by atoms with van der Waals surface area (Å²) >= 11 is 0. The molecule has 0 aliphatic rings. The Balaban J connectivity index is 3.42. The molecule has 0 bridgehead atoms. The lowest BCUT2D eigenvalue weighted by Gasteiger charge is -2.02. The smallest absolute Gasteiger partial charge is 0.257 e. The van der Waals surface area contributed by atoms with Gasteiger partial charge in [-0.1, -0.05) is 25.8 Å². The van der Waals surface area contributed by atoms with Crippen LogP contribution in [0.25, 0.3) is 0 Å². The molecule has 1 N–H and O–H groups in total. The van der Waals surface area contributed by atoms with Crippen molar-refractivity contribution in [1.82, 2.24) is 0 Å². The Labute approximate surface area is 65.7 Å². The number of rotatable bonds is 5. The van der Waals surface area contributed by atoms with E-state index in [2.05, 4.69) is 0 Å². The fourth-order valence-corrected chi connectivity index (χ4v) is 0.722. The van der Waals surface area contributed by atoms with Crippen LogP contribution >= 0.6 is 0 Å². The second-order valence-electron chi connectivity index (χ2n) is 2.43. The highest BCUT2D eigenvalue weighted by atomic mass is 19.3. The summed E-state index contributed by atoms with van der Waals surface area (Å²) in [5.41, 5.74) is 0. The number of aliphatic hydroxyl groups excluding tert-OH is 1. The van der Waals surface area contributed by atoms with E-state index in [0.717, 1.165) is 25.0 Å². The molecule has 0 aliphatic heterocycles. The second kappa shape index (κ2) is 6.28. The number of unbranched alkanes of at least 4 members (excludes halogenated alkanes) is 1. The van der Waals surface area contributed by atoms with Crippen molar-refractivity contribution < 1.29 is 13.9 Å². The normalized spacial score (nSPS) is 14.6. The molecule has 66 valence electrons. The molecule has 0 aromatic carbocycles. The summed E-state index contributed by atoms with van der Waals surface area (Å²) in [7, 11) is 0. The maximum Gasteiger partial charge on any atom is 0.257 e. The number of alkyl halides is 2. The first-order valence-electron chi connectivity index (χ1n) is 3.81. The van der Waals surface area contributed by atoms with Crippen LogP contribution in [0.4, 0.5) is 8.78 Å². The van der Waals surface area contributed by atoms with E-state index in [0.29, 0.717) is 6.42 Å². The van der Waals surface area contributed by atoms with Crippen LogP contribution in [0.2, 0.25) is 0 Å². The maximum atomic E-state index is 11.5. The molecule has 0 amide bonds. The summed E-state index contributed by atoms with van der Waals surface area (Å²) in [4.78, 5) is 0. The molecule has 0 aliphatic carbocycles. The summed E-state index contributed by atoms with van der Waals surface area (Å²) in [6, 6.07) is 0. The van der Waals surface area contributed by atoms with E-state index in [4.69, 9.17) is 5.11 Å². The van der Waals surface area contributed by atoms with Crippen LogP contribution in [0.1, 0.15) is 26.2 Å². The lowest BCUT2D eigenvalue weighted by atomic mass is 10.1. The number of halogens is 2. The number of hydrogen-bond donors (Lipinski definition) is 1. The van der Waals surface area contributed by atoms with Crippen LogP contribution in [0.5, 0.6) is 0 Å². The zero-order valence-electron chi connectivity index (χ0n) is 6.63. The minimum atomic E-state index is -2.45. The van der Waals surface area contributed by atoms with Gasteiger partial charge in [-0.25, -0.2) is 8.78 Å².